The van der Waals surface area contributed by atoms with Crippen LogP contribution in [-0.2, 0) is 9.59 Å². The zero-order chi connectivity index (χ0) is 8.57. The van der Waals surface area contributed by atoms with E-state index < -0.39 is 11.9 Å². The largest absolute Gasteiger partial charge is 0.637 e. The van der Waals surface area contributed by atoms with Gasteiger partial charge in [-0.2, -0.15) is 0 Å². The molecule has 6 heteroatoms. The lowest BCUT2D eigenvalue weighted by molar-refractivity contribution is -0.275. The number of aliphatic carboxylic acids is 2. The second kappa shape index (κ2) is 7.60. The van der Waals surface area contributed by atoms with Gasteiger partial charge in [-0.05, 0) is 0 Å². The summed E-state index contributed by atoms with van der Waals surface area (Å²) in [4.78, 5) is 19.1. The van der Waals surface area contributed by atoms with Gasteiger partial charge in [0, 0.05) is 12.2 Å². The molecule has 0 aromatic carbocycles. The predicted octanol–water partition coefficient (Wildman–Crippen LogP) is -1.56. The van der Waals surface area contributed by atoms with Gasteiger partial charge in [-0.25, -0.2) is 9.59 Å². The highest BCUT2D eigenvalue weighted by molar-refractivity contribution is 5.89. The normalized spacial score (nSPS) is 8.20. The minimum absolute atomic E-state index is 0.558. The summed E-state index contributed by atoms with van der Waals surface area (Å²) < 4.78 is 0. The van der Waals surface area contributed by atoms with Crippen LogP contribution in [0.2, 0.25) is 0 Å². The number of quaternary nitrogens is 1. The zero-order valence-corrected chi connectivity index (χ0v) is 4.98. The van der Waals surface area contributed by atoms with E-state index in [0.717, 1.165) is 0 Å². The van der Waals surface area contributed by atoms with Crippen LogP contribution < -0.4 is 5.90 Å². The van der Waals surface area contributed by atoms with Crippen LogP contribution in [0.25, 0.3) is 0 Å². The van der Waals surface area contributed by atoms with E-state index in [0.29, 0.717) is 12.2 Å². The van der Waals surface area contributed by atoms with Gasteiger partial charge in [0.25, 0.3) is 0 Å². The lowest BCUT2D eigenvalue weighted by Crippen LogP contribution is -2.37. The Kier molecular flexibility index (Phi) is 8.67. The zero-order valence-electron chi connectivity index (χ0n) is 4.98. The maximum Gasteiger partial charge on any atom is 0.328 e. The van der Waals surface area contributed by atoms with Gasteiger partial charge in [0.15, 0.2) is 0 Å². The molecule has 0 amide bonds. The van der Waals surface area contributed by atoms with Crippen molar-refractivity contribution in [3.05, 3.63) is 17.4 Å². The molecule has 0 saturated heterocycles. The van der Waals surface area contributed by atoms with E-state index in [4.69, 9.17) is 15.4 Å². The van der Waals surface area contributed by atoms with Gasteiger partial charge >= 0.3 is 11.9 Å². The average molecular weight is 149 g/mol. The third kappa shape index (κ3) is 16.0. The van der Waals surface area contributed by atoms with Gasteiger partial charge in [0.05, 0.1) is 0 Å². The molecule has 0 bridgehead atoms. The van der Waals surface area contributed by atoms with Crippen molar-refractivity contribution >= 4 is 11.9 Å². The first-order valence-electron chi connectivity index (χ1n) is 2.05. The van der Waals surface area contributed by atoms with Crippen molar-refractivity contribution in [2.45, 2.75) is 0 Å². The summed E-state index contributed by atoms with van der Waals surface area (Å²) in [5, 5.41) is 23.6. The first kappa shape index (κ1) is 11.4. The van der Waals surface area contributed by atoms with Gasteiger partial charge in [0.1, 0.15) is 0 Å². The molecule has 10 heavy (non-hydrogen) atoms. The van der Waals surface area contributed by atoms with E-state index in [1.54, 1.807) is 0 Å². The topological polar surface area (TPSA) is 125 Å². The van der Waals surface area contributed by atoms with Gasteiger partial charge in [-0.15, -0.1) is 0 Å². The number of carbonyl (C=O) groups is 2. The smallest absolute Gasteiger partial charge is 0.328 e. The van der Waals surface area contributed by atoms with Crippen molar-refractivity contribution in [1.82, 2.24) is 0 Å². The molecule has 6 nitrogen and oxygen atoms in total. The van der Waals surface area contributed by atoms with Crippen LogP contribution >= 0.6 is 0 Å². The molecule has 0 atom stereocenters. The van der Waals surface area contributed by atoms with Crippen molar-refractivity contribution < 1.29 is 25.7 Å². The van der Waals surface area contributed by atoms with Crippen LogP contribution in [0.1, 0.15) is 0 Å². The van der Waals surface area contributed by atoms with E-state index in [2.05, 4.69) is 0 Å². The third-order valence-corrected chi connectivity index (χ3v) is 0.368. The lowest BCUT2D eigenvalue weighted by atomic mass is 10.5. The maximum atomic E-state index is 9.55. The van der Waals surface area contributed by atoms with E-state index in [1.165, 1.54) is 0 Å². The number of rotatable bonds is 2. The molecule has 0 aliphatic rings. The Morgan fingerprint density at radius 1 is 1.10 bits per heavy atom. The molecule has 0 aromatic rings. The number of carboxylic acid groups (broad SMARTS) is 2. The Morgan fingerprint density at radius 2 is 1.30 bits per heavy atom. The van der Waals surface area contributed by atoms with Crippen molar-refractivity contribution in [3.63, 3.8) is 0 Å². The number of carboxylic acids is 2. The van der Waals surface area contributed by atoms with Gasteiger partial charge in [-0.3, -0.25) is 0 Å². The summed E-state index contributed by atoms with van der Waals surface area (Å²) in [6, 6.07) is 0. The van der Waals surface area contributed by atoms with Crippen LogP contribution in [-0.4, -0.2) is 22.2 Å². The highest BCUT2D eigenvalue weighted by atomic mass is 16.4. The summed E-state index contributed by atoms with van der Waals surface area (Å²) in [5.41, 5.74) is 0. The molecule has 0 fully saturated rings. The van der Waals surface area contributed by atoms with Crippen molar-refractivity contribution in [2.75, 3.05) is 0 Å². The molecule has 0 heterocycles. The fourth-order valence-electron chi connectivity index (χ4n) is 0.143. The second-order valence-corrected chi connectivity index (χ2v) is 1.01. The SMILES string of the molecule is O=C(O)/C=C\C(=O)O.[NH3+][O-]. The molecule has 0 spiro atoms. The molecule has 0 aliphatic carbocycles. The molecule has 5 N–H and O–H groups in total. The first-order valence-corrected chi connectivity index (χ1v) is 2.05. The van der Waals surface area contributed by atoms with Crippen molar-refractivity contribution in [2.24, 2.45) is 0 Å². The molecule has 0 radical (unpaired) electrons. The van der Waals surface area contributed by atoms with E-state index >= 15 is 0 Å². The predicted molar refractivity (Wildman–Crippen MR) is 30.7 cm³/mol. The minimum atomic E-state index is -1.26. The van der Waals surface area contributed by atoms with Crippen LogP contribution in [0.5, 0.6) is 0 Å². The highest BCUT2D eigenvalue weighted by Crippen LogP contribution is 1.70. The van der Waals surface area contributed by atoms with Crippen LogP contribution in [0.4, 0.5) is 0 Å². The Balaban J connectivity index is 0. The minimum Gasteiger partial charge on any atom is -0.637 e. The van der Waals surface area contributed by atoms with Gasteiger partial charge < -0.3 is 21.3 Å². The molecule has 0 rings (SSSR count). The lowest BCUT2D eigenvalue weighted by Gasteiger charge is -1.74. The van der Waals surface area contributed by atoms with Crippen LogP contribution in [0.15, 0.2) is 12.2 Å². The number of hydrogen-bond donors (Lipinski definition) is 3. The average Bonchev–Trinajstić information content (AvgIpc) is 1.89. The van der Waals surface area contributed by atoms with E-state index in [-0.39, 0.29) is 0 Å². The fraction of sp³-hybridized carbons (Fsp3) is 0. The Morgan fingerprint density at radius 3 is 1.40 bits per heavy atom. The monoisotopic (exact) mass is 149 g/mol. The Hall–Kier alpha value is -1.40. The van der Waals surface area contributed by atoms with Gasteiger partial charge in [0.2, 0.25) is 0 Å². The number of hydrogen-bond acceptors (Lipinski definition) is 3. The Labute approximate surface area is 56.1 Å². The van der Waals surface area contributed by atoms with Crippen LogP contribution in [0.3, 0.4) is 0 Å². The van der Waals surface area contributed by atoms with E-state index in [9.17, 15) is 9.59 Å². The molecule has 0 aliphatic heterocycles. The molecule has 58 valence electrons. The summed E-state index contributed by atoms with van der Waals surface area (Å²) in [7, 11) is 0. The second-order valence-electron chi connectivity index (χ2n) is 1.01. The standard InChI is InChI=1S/C4H4O4.H3NO/c5-3(6)1-2-4(7)8;1-2/h1-2H,(H,5,6)(H,7,8);1H3/b2-1-;. The van der Waals surface area contributed by atoms with Crippen molar-refractivity contribution in [3.8, 4) is 0 Å². The van der Waals surface area contributed by atoms with Gasteiger partial charge in [-0.1, -0.05) is 0 Å². The molecule has 0 saturated carbocycles. The molecular formula is C4H7NO5. The summed E-state index contributed by atoms with van der Waals surface area (Å²) in [6.45, 7) is 0. The Bertz CT molecular complexity index is 125. The molecule has 0 aromatic heterocycles. The summed E-state index contributed by atoms with van der Waals surface area (Å²) in [6.07, 6.45) is 1.12. The maximum absolute atomic E-state index is 9.55. The van der Waals surface area contributed by atoms with E-state index in [1.807, 2.05) is 5.90 Å². The molecular weight excluding hydrogens is 142 g/mol. The first-order chi connectivity index (χ1) is 4.63. The summed E-state index contributed by atoms with van der Waals surface area (Å²) >= 11 is 0. The third-order valence-electron chi connectivity index (χ3n) is 0.368. The summed E-state index contributed by atoms with van der Waals surface area (Å²) in [5.74, 6) is -0.514. The highest BCUT2D eigenvalue weighted by Gasteiger charge is 1.88. The van der Waals surface area contributed by atoms with Crippen LogP contribution in [0, 0.1) is 5.21 Å². The molecule has 0 unspecified atom stereocenters. The van der Waals surface area contributed by atoms with Crippen molar-refractivity contribution in [1.29, 1.82) is 0 Å². The fourth-order valence-corrected chi connectivity index (χ4v) is 0.143. The quantitative estimate of drug-likeness (QED) is 0.323.